The third-order valence-corrected chi connectivity index (χ3v) is 3.26. The van der Waals surface area contributed by atoms with Gasteiger partial charge in [0.15, 0.2) is 0 Å². The van der Waals surface area contributed by atoms with Gasteiger partial charge in [-0.05, 0) is 30.3 Å². The Morgan fingerprint density at radius 3 is 3.00 bits per heavy atom. The van der Waals surface area contributed by atoms with Crippen LogP contribution in [0.4, 0.5) is 5.69 Å². The minimum absolute atomic E-state index is 0.338. The van der Waals surface area contributed by atoms with Crippen LogP contribution < -0.4 is 5.32 Å². The molecule has 0 radical (unpaired) electrons. The van der Waals surface area contributed by atoms with Crippen LogP contribution in [0, 0.1) is 11.3 Å². The summed E-state index contributed by atoms with van der Waals surface area (Å²) in [6.07, 6.45) is 3.24. The lowest BCUT2D eigenvalue weighted by Gasteiger charge is -2.06. The van der Waals surface area contributed by atoms with E-state index in [1.807, 2.05) is 18.2 Å². The summed E-state index contributed by atoms with van der Waals surface area (Å²) in [7, 11) is 0. The summed E-state index contributed by atoms with van der Waals surface area (Å²) in [5.41, 5.74) is 1.85. The van der Waals surface area contributed by atoms with Crippen molar-refractivity contribution in [3.05, 3.63) is 64.9 Å². The van der Waals surface area contributed by atoms with Crippen molar-refractivity contribution in [2.45, 2.75) is 0 Å². The van der Waals surface area contributed by atoms with Crippen LogP contribution >= 0.6 is 11.6 Å². The molecule has 1 aromatic carbocycles. The highest BCUT2D eigenvalue weighted by Crippen LogP contribution is 2.21. The number of carbonyl (C=O) groups excluding carboxylic acids is 1. The second kappa shape index (κ2) is 5.27. The molecule has 3 aromatic rings. The largest absolute Gasteiger partial charge is 0.321 e. The summed E-state index contributed by atoms with van der Waals surface area (Å²) in [6.45, 7) is 0. The number of hydrogen-bond donors (Lipinski definition) is 1. The first-order valence-corrected chi connectivity index (χ1v) is 6.50. The highest BCUT2D eigenvalue weighted by Gasteiger charge is 2.14. The summed E-state index contributed by atoms with van der Waals surface area (Å²) in [4.78, 5) is 12.4. The van der Waals surface area contributed by atoms with Gasteiger partial charge in [-0.2, -0.15) is 10.4 Å². The third-order valence-electron chi connectivity index (χ3n) is 3.02. The van der Waals surface area contributed by atoms with E-state index in [0.29, 0.717) is 27.4 Å². The van der Waals surface area contributed by atoms with Gasteiger partial charge in [-0.15, -0.1) is 0 Å². The molecule has 102 valence electrons. The van der Waals surface area contributed by atoms with Crippen LogP contribution in [-0.2, 0) is 0 Å². The standard InChI is InChI=1S/C15H9ClN4O/c16-11-5-4-10(8-17)13(7-11)19-15(21)12-9-18-20-6-2-1-3-14(12)20/h1-7,9H,(H,19,21). The lowest BCUT2D eigenvalue weighted by molar-refractivity contribution is 0.102. The van der Waals surface area contributed by atoms with Crippen LogP contribution in [0.15, 0.2) is 48.8 Å². The van der Waals surface area contributed by atoms with Gasteiger partial charge >= 0.3 is 0 Å². The van der Waals surface area contributed by atoms with E-state index in [-0.39, 0.29) is 5.91 Å². The van der Waals surface area contributed by atoms with E-state index in [4.69, 9.17) is 16.9 Å². The molecular formula is C15H9ClN4O. The van der Waals surface area contributed by atoms with E-state index < -0.39 is 0 Å². The molecule has 0 atom stereocenters. The number of halogens is 1. The molecule has 0 unspecified atom stereocenters. The molecule has 1 amide bonds. The molecule has 0 spiro atoms. The Morgan fingerprint density at radius 2 is 2.19 bits per heavy atom. The zero-order valence-corrected chi connectivity index (χ0v) is 11.5. The van der Waals surface area contributed by atoms with Crippen molar-refractivity contribution in [3.63, 3.8) is 0 Å². The highest BCUT2D eigenvalue weighted by atomic mass is 35.5. The number of amides is 1. The fourth-order valence-electron chi connectivity index (χ4n) is 2.02. The number of carbonyl (C=O) groups is 1. The molecule has 0 saturated carbocycles. The number of pyridine rings is 1. The molecule has 0 bridgehead atoms. The second-order valence-electron chi connectivity index (χ2n) is 4.34. The van der Waals surface area contributed by atoms with E-state index in [1.54, 1.807) is 35.0 Å². The summed E-state index contributed by atoms with van der Waals surface area (Å²) in [6, 6.07) is 12.2. The summed E-state index contributed by atoms with van der Waals surface area (Å²) in [5, 5.41) is 16.3. The van der Waals surface area contributed by atoms with Crippen LogP contribution in [0.1, 0.15) is 15.9 Å². The molecule has 1 N–H and O–H groups in total. The summed E-state index contributed by atoms with van der Waals surface area (Å²) < 4.78 is 1.61. The minimum atomic E-state index is -0.338. The van der Waals surface area contributed by atoms with E-state index in [0.717, 1.165) is 0 Å². The summed E-state index contributed by atoms with van der Waals surface area (Å²) >= 11 is 5.90. The van der Waals surface area contributed by atoms with Crippen LogP contribution in [0.2, 0.25) is 5.02 Å². The van der Waals surface area contributed by atoms with Gasteiger partial charge in [0.1, 0.15) is 6.07 Å². The lowest BCUT2D eigenvalue weighted by atomic mass is 10.2. The van der Waals surface area contributed by atoms with Crippen molar-refractivity contribution in [3.8, 4) is 6.07 Å². The van der Waals surface area contributed by atoms with Crippen LogP contribution in [0.3, 0.4) is 0 Å². The monoisotopic (exact) mass is 296 g/mol. The average Bonchev–Trinajstić information content (AvgIpc) is 2.91. The van der Waals surface area contributed by atoms with E-state index >= 15 is 0 Å². The van der Waals surface area contributed by atoms with Crippen molar-refractivity contribution < 1.29 is 4.79 Å². The smallest absolute Gasteiger partial charge is 0.259 e. The first-order chi connectivity index (χ1) is 10.2. The summed E-state index contributed by atoms with van der Waals surface area (Å²) in [5.74, 6) is -0.338. The molecular weight excluding hydrogens is 288 g/mol. The number of benzene rings is 1. The van der Waals surface area contributed by atoms with Gasteiger partial charge in [-0.25, -0.2) is 4.52 Å². The molecule has 5 nitrogen and oxygen atoms in total. The maximum atomic E-state index is 12.4. The first kappa shape index (κ1) is 13.2. The molecule has 6 heteroatoms. The van der Waals surface area contributed by atoms with Gasteiger partial charge in [-0.1, -0.05) is 17.7 Å². The molecule has 3 rings (SSSR count). The van der Waals surface area contributed by atoms with Crippen LogP contribution in [-0.4, -0.2) is 15.5 Å². The van der Waals surface area contributed by atoms with Crippen molar-refractivity contribution >= 4 is 28.7 Å². The molecule has 0 aliphatic heterocycles. The highest BCUT2D eigenvalue weighted by molar-refractivity contribution is 6.31. The van der Waals surface area contributed by atoms with Gasteiger partial charge in [-0.3, -0.25) is 4.79 Å². The van der Waals surface area contributed by atoms with Crippen LogP contribution in [0.5, 0.6) is 0 Å². The Hall–Kier alpha value is -2.84. The number of fused-ring (bicyclic) bond motifs is 1. The number of nitrogens with zero attached hydrogens (tertiary/aromatic N) is 3. The number of nitriles is 1. The fourth-order valence-corrected chi connectivity index (χ4v) is 2.19. The quantitative estimate of drug-likeness (QED) is 0.790. The first-order valence-electron chi connectivity index (χ1n) is 6.12. The molecule has 0 saturated heterocycles. The topological polar surface area (TPSA) is 70.2 Å². The van der Waals surface area contributed by atoms with Crippen molar-refractivity contribution in [1.82, 2.24) is 9.61 Å². The molecule has 21 heavy (non-hydrogen) atoms. The Kier molecular flexibility index (Phi) is 3.30. The molecule has 0 fully saturated rings. The van der Waals surface area contributed by atoms with Crippen molar-refractivity contribution in [1.29, 1.82) is 5.26 Å². The molecule has 0 aliphatic rings. The van der Waals surface area contributed by atoms with Crippen molar-refractivity contribution in [2.24, 2.45) is 0 Å². The molecule has 2 heterocycles. The number of aromatic nitrogens is 2. The van der Waals surface area contributed by atoms with Gasteiger partial charge in [0.05, 0.1) is 28.5 Å². The Balaban J connectivity index is 1.97. The predicted octanol–water partition coefficient (Wildman–Crippen LogP) is 3.11. The Morgan fingerprint density at radius 1 is 1.33 bits per heavy atom. The average molecular weight is 297 g/mol. The number of hydrogen-bond acceptors (Lipinski definition) is 3. The number of anilines is 1. The minimum Gasteiger partial charge on any atom is -0.321 e. The van der Waals surface area contributed by atoms with E-state index in [9.17, 15) is 4.79 Å². The number of nitrogens with one attached hydrogen (secondary N) is 1. The zero-order valence-electron chi connectivity index (χ0n) is 10.7. The third kappa shape index (κ3) is 2.45. The van der Waals surface area contributed by atoms with Gasteiger partial charge in [0.2, 0.25) is 0 Å². The second-order valence-corrected chi connectivity index (χ2v) is 4.78. The molecule has 2 aromatic heterocycles. The maximum absolute atomic E-state index is 12.4. The van der Waals surface area contributed by atoms with Crippen molar-refractivity contribution in [2.75, 3.05) is 5.32 Å². The van der Waals surface area contributed by atoms with Crippen LogP contribution in [0.25, 0.3) is 5.52 Å². The van der Waals surface area contributed by atoms with Gasteiger partial charge < -0.3 is 5.32 Å². The number of rotatable bonds is 2. The normalized spacial score (nSPS) is 10.3. The Bertz CT molecular complexity index is 879. The Labute approximate surface area is 125 Å². The van der Waals surface area contributed by atoms with E-state index in [2.05, 4.69) is 10.4 Å². The predicted molar refractivity (Wildman–Crippen MR) is 79.3 cm³/mol. The zero-order chi connectivity index (χ0) is 14.8. The fraction of sp³-hybridized carbons (Fsp3) is 0. The van der Waals surface area contributed by atoms with Gasteiger partial charge in [0.25, 0.3) is 5.91 Å². The van der Waals surface area contributed by atoms with Gasteiger partial charge in [0, 0.05) is 11.2 Å². The molecule has 0 aliphatic carbocycles. The lowest BCUT2D eigenvalue weighted by Crippen LogP contribution is -2.12. The van der Waals surface area contributed by atoms with E-state index in [1.165, 1.54) is 6.20 Å². The SMILES string of the molecule is N#Cc1ccc(Cl)cc1NC(=O)c1cnn2ccccc12. The maximum Gasteiger partial charge on any atom is 0.259 e.